The summed E-state index contributed by atoms with van der Waals surface area (Å²) in [6, 6.07) is 2.26. The molecule has 27 heavy (non-hydrogen) atoms. The third-order valence-corrected chi connectivity index (χ3v) is 5.25. The highest BCUT2D eigenvalue weighted by molar-refractivity contribution is 5.93. The van der Waals surface area contributed by atoms with E-state index in [0.29, 0.717) is 5.76 Å². The number of furan rings is 1. The Morgan fingerprint density at radius 2 is 2.07 bits per heavy atom. The van der Waals surface area contributed by atoms with Crippen LogP contribution in [0.4, 0.5) is 19.0 Å². The minimum atomic E-state index is -4.48. The third-order valence-electron chi connectivity index (χ3n) is 5.25. The van der Waals surface area contributed by atoms with Crippen molar-refractivity contribution in [3.05, 3.63) is 35.9 Å². The molecule has 9 heteroatoms. The van der Waals surface area contributed by atoms with Crippen LogP contribution in [0, 0.1) is 0 Å². The first-order valence-corrected chi connectivity index (χ1v) is 9.19. The van der Waals surface area contributed by atoms with Crippen LogP contribution in [0.25, 0.3) is 0 Å². The number of aromatic nitrogens is 2. The molecule has 146 valence electrons. The molecular weight excluding hydrogens is 361 g/mol. The lowest BCUT2D eigenvalue weighted by molar-refractivity contribution is -0.174. The minimum Gasteiger partial charge on any atom is -0.467 e. The quantitative estimate of drug-likeness (QED) is 0.835. The van der Waals surface area contributed by atoms with Crippen molar-refractivity contribution in [2.24, 2.45) is 0 Å². The van der Waals surface area contributed by atoms with Crippen molar-refractivity contribution in [1.29, 1.82) is 0 Å². The number of fused-ring (bicyclic) bond motifs is 1. The number of hydrogen-bond acceptors (Lipinski definition) is 4. The van der Waals surface area contributed by atoms with Gasteiger partial charge in [0.1, 0.15) is 11.6 Å². The lowest BCUT2D eigenvalue weighted by atomic mass is 9.95. The van der Waals surface area contributed by atoms with Gasteiger partial charge in [0.25, 0.3) is 5.91 Å². The van der Waals surface area contributed by atoms with Crippen molar-refractivity contribution in [2.45, 2.75) is 62.8 Å². The van der Waals surface area contributed by atoms with Gasteiger partial charge in [-0.05, 0) is 25.0 Å². The molecule has 1 saturated carbocycles. The average Bonchev–Trinajstić information content (AvgIpc) is 3.30. The van der Waals surface area contributed by atoms with E-state index in [2.05, 4.69) is 15.7 Å². The maximum absolute atomic E-state index is 13.6. The first-order chi connectivity index (χ1) is 12.9. The second-order valence-corrected chi connectivity index (χ2v) is 7.17. The molecule has 0 bridgehead atoms. The van der Waals surface area contributed by atoms with Crippen LogP contribution >= 0.6 is 0 Å². The zero-order valence-electron chi connectivity index (χ0n) is 14.6. The largest absolute Gasteiger partial charge is 0.467 e. The van der Waals surface area contributed by atoms with Crippen LogP contribution in [-0.4, -0.2) is 27.9 Å². The number of hydrogen-bond donors (Lipinski definition) is 2. The molecule has 3 heterocycles. The molecule has 0 spiro atoms. The first kappa shape index (κ1) is 17.9. The maximum atomic E-state index is 13.6. The molecule has 0 radical (unpaired) electrons. The molecule has 2 aliphatic rings. The zero-order chi connectivity index (χ0) is 19.0. The van der Waals surface area contributed by atoms with E-state index in [0.717, 1.165) is 36.8 Å². The van der Waals surface area contributed by atoms with Gasteiger partial charge in [0.05, 0.1) is 12.3 Å². The fourth-order valence-corrected chi connectivity index (χ4v) is 3.87. The minimum absolute atomic E-state index is 0.00239. The van der Waals surface area contributed by atoms with E-state index in [1.54, 1.807) is 12.1 Å². The van der Waals surface area contributed by atoms with Crippen molar-refractivity contribution < 1.29 is 22.4 Å². The first-order valence-electron chi connectivity index (χ1n) is 9.19. The maximum Gasteiger partial charge on any atom is 0.410 e. The van der Waals surface area contributed by atoms with E-state index < -0.39 is 24.2 Å². The van der Waals surface area contributed by atoms with Gasteiger partial charge in [-0.25, -0.2) is 4.68 Å². The number of amides is 1. The summed E-state index contributed by atoms with van der Waals surface area (Å²) in [5.41, 5.74) is -0.00239. The van der Waals surface area contributed by atoms with Gasteiger partial charge < -0.3 is 15.1 Å². The molecular formula is C18H21F3N4O2. The second-order valence-electron chi connectivity index (χ2n) is 7.17. The van der Waals surface area contributed by atoms with E-state index in [4.69, 9.17) is 4.42 Å². The monoisotopic (exact) mass is 382 g/mol. The Kier molecular flexibility index (Phi) is 4.61. The number of carbonyl (C=O) groups is 1. The Bertz CT molecular complexity index is 794. The Labute approximate surface area is 154 Å². The number of alkyl halides is 3. The highest BCUT2D eigenvalue weighted by Crippen LogP contribution is 2.43. The van der Waals surface area contributed by atoms with Gasteiger partial charge in [-0.1, -0.05) is 19.3 Å². The van der Waals surface area contributed by atoms with Gasteiger partial charge in [-0.3, -0.25) is 4.79 Å². The summed E-state index contributed by atoms with van der Waals surface area (Å²) in [5, 5.41) is 9.87. The molecule has 4 rings (SSSR count). The summed E-state index contributed by atoms with van der Waals surface area (Å²) in [6.07, 6.45) is 1.72. The summed E-state index contributed by atoms with van der Waals surface area (Å²) in [5.74, 6) is 0.157. The fraction of sp³-hybridized carbons (Fsp3) is 0.556. The van der Waals surface area contributed by atoms with Crippen LogP contribution in [0.2, 0.25) is 0 Å². The molecule has 2 aromatic rings. The summed E-state index contributed by atoms with van der Waals surface area (Å²) in [4.78, 5) is 12.5. The summed E-state index contributed by atoms with van der Waals surface area (Å²) < 4.78 is 46.9. The Balaban J connectivity index is 1.58. The number of nitrogens with zero attached hydrogens (tertiary/aromatic N) is 2. The van der Waals surface area contributed by atoms with E-state index >= 15 is 0 Å². The van der Waals surface area contributed by atoms with Gasteiger partial charge in [-0.2, -0.15) is 18.3 Å². The van der Waals surface area contributed by atoms with E-state index in [9.17, 15) is 18.0 Å². The molecule has 1 fully saturated rings. The van der Waals surface area contributed by atoms with Gasteiger partial charge >= 0.3 is 6.18 Å². The summed E-state index contributed by atoms with van der Waals surface area (Å²) >= 11 is 0. The van der Waals surface area contributed by atoms with Gasteiger partial charge in [0.2, 0.25) is 0 Å². The highest BCUT2D eigenvalue weighted by Gasteiger charge is 2.47. The van der Waals surface area contributed by atoms with Crippen LogP contribution in [0.5, 0.6) is 0 Å². The molecule has 6 nitrogen and oxygen atoms in total. The number of halogens is 3. The smallest absolute Gasteiger partial charge is 0.410 e. The summed E-state index contributed by atoms with van der Waals surface area (Å²) in [7, 11) is 0. The Morgan fingerprint density at radius 3 is 2.74 bits per heavy atom. The van der Waals surface area contributed by atoms with Crippen LogP contribution in [0.1, 0.15) is 66.9 Å². The van der Waals surface area contributed by atoms with E-state index in [1.807, 2.05) is 0 Å². The number of nitrogens with one attached hydrogen (secondary N) is 2. The normalized spacial score (nSPS) is 23.5. The van der Waals surface area contributed by atoms with Crippen LogP contribution in [0.3, 0.4) is 0 Å². The molecule has 0 aromatic carbocycles. The average molecular weight is 382 g/mol. The van der Waals surface area contributed by atoms with Crippen LogP contribution in [-0.2, 0) is 0 Å². The lowest BCUT2D eigenvalue weighted by Crippen LogP contribution is -2.37. The molecule has 1 aliphatic heterocycles. The topological polar surface area (TPSA) is 72.1 Å². The van der Waals surface area contributed by atoms with E-state index in [1.165, 1.54) is 12.3 Å². The van der Waals surface area contributed by atoms with Gasteiger partial charge in [0.15, 0.2) is 11.7 Å². The predicted molar refractivity (Wildman–Crippen MR) is 91.3 cm³/mol. The molecule has 2 aromatic heterocycles. The molecule has 2 N–H and O–H groups in total. The van der Waals surface area contributed by atoms with Gasteiger partial charge in [-0.15, -0.1) is 0 Å². The summed E-state index contributed by atoms with van der Waals surface area (Å²) in [6.45, 7) is 0. The van der Waals surface area contributed by atoms with Gasteiger partial charge in [0, 0.05) is 18.5 Å². The zero-order valence-corrected chi connectivity index (χ0v) is 14.6. The van der Waals surface area contributed by atoms with Crippen molar-refractivity contribution in [3.63, 3.8) is 0 Å². The van der Waals surface area contributed by atoms with E-state index in [-0.39, 0.29) is 24.0 Å². The van der Waals surface area contributed by atoms with Crippen molar-refractivity contribution >= 4 is 11.7 Å². The number of rotatable bonds is 3. The standard InChI is InChI=1S/C18H21F3N4O2/c19-18(20,21)15-9-12(14-7-4-8-27-14)23-16-10-13(24-25(15)16)17(26)22-11-5-2-1-3-6-11/h4,7-8,10-12,15,23H,1-3,5-6,9H2,(H,22,26). The van der Waals surface area contributed by atoms with Crippen molar-refractivity contribution in [1.82, 2.24) is 15.1 Å². The lowest BCUT2D eigenvalue weighted by Gasteiger charge is -2.32. The molecule has 1 aliphatic carbocycles. The van der Waals surface area contributed by atoms with Crippen molar-refractivity contribution in [2.75, 3.05) is 5.32 Å². The SMILES string of the molecule is O=C(NC1CCCCC1)c1cc2n(n1)C(C(F)(F)F)CC(c1ccco1)N2. The predicted octanol–water partition coefficient (Wildman–Crippen LogP) is 4.20. The fourth-order valence-electron chi connectivity index (χ4n) is 3.87. The number of anilines is 1. The van der Waals surface area contributed by atoms with Crippen LogP contribution in [0.15, 0.2) is 28.9 Å². The van der Waals surface area contributed by atoms with Crippen LogP contribution < -0.4 is 10.6 Å². The third kappa shape index (κ3) is 3.68. The second kappa shape index (κ2) is 6.94. The molecule has 0 saturated heterocycles. The highest BCUT2D eigenvalue weighted by atomic mass is 19.4. The molecule has 2 unspecified atom stereocenters. The Morgan fingerprint density at radius 1 is 1.30 bits per heavy atom. The Hall–Kier alpha value is -2.45. The van der Waals surface area contributed by atoms with Crippen molar-refractivity contribution in [3.8, 4) is 0 Å². The molecule has 2 atom stereocenters. The molecule has 1 amide bonds. The number of carbonyl (C=O) groups excluding carboxylic acids is 1.